The first-order chi connectivity index (χ1) is 8.59. The number of nitrogens with zero attached hydrogens (tertiary/aromatic N) is 2. The van der Waals surface area contributed by atoms with Gasteiger partial charge in [-0.3, -0.25) is 4.68 Å². The van der Waals surface area contributed by atoms with E-state index in [0.29, 0.717) is 12.1 Å². The third kappa shape index (κ3) is 2.86. The summed E-state index contributed by atoms with van der Waals surface area (Å²) in [7, 11) is 0. The summed E-state index contributed by atoms with van der Waals surface area (Å²) in [6.07, 6.45) is 3.42. The zero-order valence-electron chi connectivity index (χ0n) is 12.0. The minimum atomic E-state index is 0.414. The van der Waals surface area contributed by atoms with Crippen LogP contribution in [0.1, 0.15) is 50.5 Å². The lowest BCUT2D eigenvalue weighted by atomic mass is 10.1. The standard InChI is InChI=1S/C14H25N3O/c1-10(2)17-12(4)14(11(3)16-17)15-13-6-5-8-18-9-7-13/h10,13,15H,5-9H2,1-4H3. The maximum absolute atomic E-state index is 5.51. The van der Waals surface area contributed by atoms with Gasteiger partial charge in [0.05, 0.1) is 17.1 Å². The molecule has 1 aromatic heterocycles. The van der Waals surface area contributed by atoms with Crippen LogP contribution in [0.5, 0.6) is 0 Å². The number of anilines is 1. The van der Waals surface area contributed by atoms with Crippen molar-refractivity contribution in [1.82, 2.24) is 9.78 Å². The van der Waals surface area contributed by atoms with Crippen molar-refractivity contribution >= 4 is 5.69 Å². The normalized spacial score (nSPS) is 21.1. The number of nitrogens with one attached hydrogen (secondary N) is 1. The van der Waals surface area contributed by atoms with Crippen molar-refractivity contribution in [2.75, 3.05) is 18.5 Å². The van der Waals surface area contributed by atoms with Gasteiger partial charge in [0, 0.05) is 25.3 Å². The van der Waals surface area contributed by atoms with E-state index in [1.54, 1.807) is 0 Å². The van der Waals surface area contributed by atoms with E-state index >= 15 is 0 Å². The molecule has 0 bridgehead atoms. The lowest BCUT2D eigenvalue weighted by molar-refractivity contribution is 0.144. The lowest BCUT2D eigenvalue weighted by Crippen LogP contribution is -2.20. The summed E-state index contributed by atoms with van der Waals surface area (Å²) in [4.78, 5) is 0. The molecular formula is C14H25N3O. The highest BCUT2D eigenvalue weighted by Gasteiger charge is 2.18. The average Bonchev–Trinajstić information content (AvgIpc) is 2.55. The molecule has 2 rings (SSSR count). The van der Waals surface area contributed by atoms with Gasteiger partial charge in [-0.2, -0.15) is 5.10 Å². The summed E-state index contributed by atoms with van der Waals surface area (Å²) in [5.41, 5.74) is 3.56. The minimum Gasteiger partial charge on any atom is -0.381 e. The van der Waals surface area contributed by atoms with Crippen LogP contribution in [0.4, 0.5) is 5.69 Å². The first-order valence-corrected chi connectivity index (χ1v) is 6.99. The van der Waals surface area contributed by atoms with Gasteiger partial charge in [-0.05, 0) is 47.0 Å². The number of aryl methyl sites for hydroxylation is 1. The fourth-order valence-corrected chi connectivity index (χ4v) is 2.63. The van der Waals surface area contributed by atoms with Gasteiger partial charge < -0.3 is 10.1 Å². The Hall–Kier alpha value is -1.03. The Morgan fingerprint density at radius 1 is 1.28 bits per heavy atom. The molecule has 0 spiro atoms. The molecule has 1 aliphatic heterocycles. The van der Waals surface area contributed by atoms with Gasteiger partial charge in [-0.1, -0.05) is 0 Å². The van der Waals surface area contributed by atoms with Gasteiger partial charge in [0.25, 0.3) is 0 Å². The zero-order chi connectivity index (χ0) is 13.1. The summed E-state index contributed by atoms with van der Waals surface area (Å²) < 4.78 is 7.61. The molecule has 0 radical (unpaired) electrons. The number of hydrogen-bond acceptors (Lipinski definition) is 3. The molecule has 1 atom stereocenters. The largest absolute Gasteiger partial charge is 0.381 e. The van der Waals surface area contributed by atoms with Crippen LogP contribution in [0.3, 0.4) is 0 Å². The van der Waals surface area contributed by atoms with Crippen LogP contribution < -0.4 is 5.32 Å². The topological polar surface area (TPSA) is 39.1 Å². The van der Waals surface area contributed by atoms with Crippen LogP contribution in [0.25, 0.3) is 0 Å². The fraction of sp³-hybridized carbons (Fsp3) is 0.786. The predicted octanol–water partition coefficient (Wildman–Crippen LogP) is 3.06. The minimum absolute atomic E-state index is 0.414. The third-order valence-electron chi connectivity index (χ3n) is 3.61. The van der Waals surface area contributed by atoms with E-state index in [1.165, 1.54) is 17.8 Å². The molecule has 1 N–H and O–H groups in total. The molecule has 18 heavy (non-hydrogen) atoms. The van der Waals surface area contributed by atoms with Crippen molar-refractivity contribution in [2.24, 2.45) is 0 Å². The second-order valence-corrected chi connectivity index (χ2v) is 5.47. The molecule has 1 unspecified atom stereocenters. The molecule has 2 heterocycles. The molecule has 1 fully saturated rings. The van der Waals surface area contributed by atoms with Crippen LogP contribution in [-0.4, -0.2) is 29.0 Å². The van der Waals surface area contributed by atoms with E-state index in [9.17, 15) is 0 Å². The maximum Gasteiger partial charge on any atom is 0.0828 e. The van der Waals surface area contributed by atoms with E-state index in [1.807, 2.05) is 0 Å². The van der Waals surface area contributed by atoms with Crippen molar-refractivity contribution in [3.8, 4) is 0 Å². The van der Waals surface area contributed by atoms with Crippen LogP contribution in [-0.2, 0) is 4.74 Å². The Labute approximate surface area is 110 Å². The molecular weight excluding hydrogens is 226 g/mol. The molecule has 1 aliphatic rings. The summed E-state index contributed by atoms with van der Waals surface area (Å²) in [5, 5.41) is 8.29. The van der Waals surface area contributed by atoms with Gasteiger partial charge in [-0.15, -0.1) is 0 Å². The first-order valence-electron chi connectivity index (χ1n) is 6.99. The van der Waals surface area contributed by atoms with Gasteiger partial charge in [0.2, 0.25) is 0 Å². The van der Waals surface area contributed by atoms with Gasteiger partial charge in [0.1, 0.15) is 0 Å². The number of rotatable bonds is 3. The van der Waals surface area contributed by atoms with Gasteiger partial charge in [0.15, 0.2) is 0 Å². The maximum atomic E-state index is 5.51. The molecule has 1 aromatic rings. The fourth-order valence-electron chi connectivity index (χ4n) is 2.63. The third-order valence-corrected chi connectivity index (χ3v) is 3.61. The van der Waals surface area contributed by atoms with Crippen LogP contribution in [0.15, 0.2) is 0 Å². The lowest BCUT2D eigenvalue weighted by Gasteiger charge is -2.17. The van der Waals surface area contributed by atoms with E-state index in [4.69, 9.17) is 4.74 Å². The number of ether oxygens (including phenoxy) is 1. The van der Waals surface area contributed by atoms with Gasteiger partial charge in [-0.25, -0.2) is 0 Å². The zero-order valence-corrected chi connectivity index (χ0v) is 12.0. The van der Waals surface area contributed by atoms with Crippen LogP contribution >= 0.6 is 0 Å². The summed E-state index contributed by atoms with van der Waals surface area (Å²) in [5.74, 6) is 0. The molecule has 0 amide bonds. The Balaban J connectivity index is 2.12. The molecule has 102 valence electrons. The monoisotopic (exact) mass is 251 g/mol. The highest BCUT2D eigenvalue weighted by atomic mass is 16.5. The summed E-state index contributed by atoms with van der Waals surface area (Å²) in [6.45, 7) is 10.3. The average molecular weight is 251 g/mol. The first kappa shape index (κ1) is 13.4. The summed E-state index contributed by atoms with van der Waals surface area (Å²) in [6, 6.07) is 0.937. The highest BCUT2D eigenvalue weighted by molar-refractivity contribution is 5.52. The van der Waals surface area contributed by atoms with Crippen LogP contribution in [0.2, 0.25) is 0 Å². The smallest absolute Gasteiger partial charge is 0.0828 e. The molecule has 1 saturated heterocycles. The molecule has 0 saturated carbocycles. The molecule has 0 aliphatic carbocycles. The highest BCUT2D eigenvalue weighted by Crippen LogP contribution is 2.25. The van der Waals surface area contributed by atoms with Gasteiger partial charge >= 0.3 is 0 Å². The van der Waals surface area contributed by atoms with E-state index in [2.05, 4.69) is 42.8 Å². The van der Waals surface area contributed by atoms with Crippen molar-refractivity contribution in [3.63, 3.8) is 0 Å². The van der Waals surface area contributed by atoms with Crippen molar-refractivity contribution in [1.29, 1.82) is 0 Å². The molecule has 0 aromatic carbocycles. The Bertz CT molecular complexity index is 390. The predicted molar refractivity (Wildman–Crippen MR) is 74.2 cm³/mol. The van der Waals surface area contributed by atoms with E-state index in [-0.39, 0.29) is 0 Å². The molecule has 4 nitrogen and oxygen atoms in total. The quantitative estimate of drug-likeness (QED) is 0.897. The Morgan fingerprint density at radius 2 is 2.06 bits per heavy atom. The Kier molecular flexibility index (Phi) is 4.27. The SMILES string of the molecule is Cc1nn(C(C)C)c(C)c1NC1CCCOCC1. The Morgan fingerprint density at radius 3 is 2.72 bits per heavy atom. The van der Waals surface area contributed by atoms with Crippen molar-refractivity contribution in [2.45, 2.75) is 59.0 Å². The second-order valence-electron chi connectivity index (χ2n) is 5.47. The summed E-state index contributed by atoms with van der Waals surface area (Å²) >= 11 is 0. The van der Waals surface area contributed by atoms with E-state index in [0.717, 1.165) is 31.7 Å². The number of hydrogen-bond donors (Lipinski definition) is 1. The molecule has 4 heteroatoms. The van der Waals surface area contributed by atoms with E-state index < -0.39 is 0 Å². The van der Waals surface area contributed by atoms with Crippen molar-refractivity contribution in [3.05, 3.63) is 11.4 Å². The van der Waals surface area contributed by atoms with Crippen molar-refractivity contribution < 1.29 is 4.74 Å². The van der Waals surface area contributed by atoms with Crippen LogP contribution in [0, 0.1) is 13.8 Å². The number of aromatic nitrogens is 2. The second kappa shape index (κ2) is 5.74.